The van der Waals surface area contributed by atoms with Crippen molar-refractivity contribution in [3.8, 4) is 5.88 Å². The molecule has 1 rings (SSSR count). The average Bonchev–Trinajstić information content (AvgIpc) is 2.34. The van der Waals surface area contributed by atoms with E-state index in [0.717, 1.165) is 0 Å². The van der Waals surface area contributed by atoms with Crippen LogP contribution in [0.15, 0.2) is 9.27 Å². The smallest absolute Gasteiger partial charge is 0.347 e. The van der Waals surface area contributed by atoms with Gasteiger partial charge in [-0.2, -0.15) is 0 Å². The van der Waals surface area contributed by atoms with Crippen LogP contribution in [-0.4, -0.2) is 23.8 Å². The highest BCUT2D eigenvalue weighted by molar-refractivity contribution is 9.10. The maximum absolute atomic E-state index is 12.1. The van der Waals surface area contributed by atoms with E-state index in [4.69, 9.17) is 9.47 Å². The maximum Gasteiger partial charge on any atom is 0.347 e. The SMILES string of the molecule is CCOC(=O)c1c(OCC)n(C)c(C)c(Br)c1=O. The molecule has 0 atom stereocenters. The topological polar surface area (TPSA) is 57.5 Å². The number of ether oxygens (including phenoxy) is 2. The third-order valence-corrected chi connectivity index (χ3v) is 3.46. The molecule has 0 radical (unpaired) electrons. The fourth-order valence-corrected chi connectivity index (χ4v) is 1.99. The summed E-state index contributed by atoms with van der Waals surface area (Å²) in [6.45, 7) is 5.81. The van der Waals surface area contributed by atoms with Gasteiger partial charge in [0, 0.05) is 12.7 Å². The first kappa shape index (κ1) is 14.8. The first-order chi connectivity index (χ1) is 8.45. The van der Waals surface area contributed by atoms with Crippen molar-refractivity contribution in [3.05, 3.63) is 26.0 Å². The molecule has 0 bridgehead atoms. The molecular formula is C12H16BrNO4. The molecule has 1 heterocycles. The number of hydrogen-bond acceptors (Lipinski definition) is 4. The molecule has 6 heteroatoms. The summed E-state index contributed by atoms with van der Waals surface area (Å²) < 4.78 is 12.3. The van der Waals surface area contributed by atoms with Crippen LogP contribution in [0.1, 0.15) is 29.9 Å². The Morgan fingerprint density at radius 2 is 1.94 bits per heavy atom. The fourth-order valence-electron chi connectivity index (χ4n) is 1.53. The van der Waals surface area contributed by atoms with Gasteiger partial charge >= 0.3 is 5.97 Å². The molecule has 100 valence electrons. The highest BCUT2D eigenvalue weighted by Crippen LogP contribution is 2.22. The number of carbonyl (C=O) groups is 1. The summed E-state index contributed by atoms with van der Waals surface area (Å²) in [5.74, 6) is -0.427. The Kier molecular flexibility index (Phi) is 4.95. The molecule has 0 aliphatic heterocycles. The van der Waals surface area contributed by atoms with Gasteiger partial charge in [0.05, 0.1) is 17.7 Å². The minimum atomic E-state index is -0.665. The summed E-state index contributed by atoms with van der Waals surface area (Å²) in [4.78, 5) is 24.0. The molecule has 0 unspecified atom stereocenters. The molecule has 0 aliphatic rings. The molecule has 0 fully saturated rings. The second-order valence-electron chi connectivity index (χ2n) is 3.62. The van der Waals surface area contributed by atoms with Crippen molar-refractivity contribution in [2.45, 2.75) is 20.8 Å². The summed E-state index contributed by atoms with van der Waals surface area (Å²) in [7, 11) is 1.73. The number of carbonyl (C=O) groups excluding carboxylic acids is 1. The van der Waals surface area contributed by atoms with Crippen molar-refractivity contribution in [1.29, 1.82) is 0 Å². The van der Waals surface area contributed by atoms with Gasteiger partial charge in [0.2, 0.25) is 11.3 Å². The van der Waals surface area contributed by atoms with E-state index in [1.807, 2.05) is 0 Å². The lowest BCUT2D eigenvalue weighted by Gasteiger charge is -2.16. The van der Waals surface area contributed by atoms with Crippen LogP contribution in [0.2, 0.25) is 0 Å². The predicted molar refractivity (Wildman–Crippen MR) is 71.2 cm³/mol. The minimum Gasteiger partial charge on any atom is -0.478 e. The number of nitrogens with zero attached hydrogens (tertiary/aromatic N) is 1. The quantitative estimate of drug-likeness (QED) is 0.797. The van der Waals surface area contributed by atoms with E-state index in [2.05, 4.69) is 15.9 Å². The maximum atomic E-state index is 12.1. The normalized spacial score (nSPS) is 10.3. The first-order valence-corrected chi connectivity index (χ1v) is 6.43. The van der Waals surface area contributed by atoms with Gasteiger partial charge in [0.1, 0.15) is 0 Å². The lowest BCUT2D eigenvalue weighted by atomic mass is 10.2. The largest absolute Gasteiger partial charge is 0.478 e. The van der Waals surface area contributed by atoms with Crippen molar-refractivity contribution in [2.75, 3.05) is 13.2 Å². The molecule has 0 aromatic carbocycles. The Morgan fingerprint density at radius 1 is 1.33 bits per heavy atom. The van der Waals surface area contributed by atoms with Gasteiger partial charge in [-0.05, 0) is 36.7 Å². The van der Waals surface area contributed by atoms with Gasteiger partial charge in [-0.25, -0.2) is 4.79 Å². The highest BCUT2D eigenvalue weighted by atomic mass is 79.9. The van der Waals surface area contributed by atoms with Crippen LogP contribution in [0.4, 0.5) is 0 Å². The summed E-state index contributed by atoms with van der Waals surface area (Å²) in [5.41, 5.74) is 0.211. The zero-order chi connectivity index (χ0) is 13.9. The van der Waals surface area contributed by atoms with E-state index < -0.39 is 11.4 Å². The zero-order valence-corrected chi connectivity index (χ0v) is 12.5. The Labute approximate surface area is 114 Å². The third-order valence-electron chi connectivity index (χ3n) is 2.53. The number of halogens is 1. The molecule has 0 saturated carbocycles. The third kappa shape index (κ3) is 2.58. The van der Waals surface area contributed by atoms with Crippen molar-refractivity contribution in [1.82, 2.24) is 4.57 Å². The van der Waals surface area contributed by atoms with Gasteiger partial charge in [-0.3, -0.25) is 4.79 Å². The summed E-state index contributed by atoms with van der Waals surface area (Å²) in [5, 5.41) is 0. The zero-order valence-electron chi connectivity index (χ0n) is 10.9. The Balaban J connectivity index is 3.56. The number of aromatic nitrogens is 1. The van der Waals surface area contributed by atoms with Crippen LogP contribution in [0.3, 0.4) is 0 Å². The van der Waals surface area contributed by atoms with E-state index in [1.54, 1.807) is 32.4 Å². The standard InChI is InChI=1S/C12H16BrNO4/c1-5-17-11-8(12(16)18-6-2)10(15)9(13)7(3)14(11)4/h5-6H2,1-4H3. The Morgan fingerprint density at radius 3 is 2.44 bits per heavy atom. The van der Waals surface area contributed by atoms with Gasteiger partial charge < -0.3 is 14.0 Å². The lowest BCUT2D eigenvalue weighted by Crippen LogP contribution is -2.24. The van der Waals surface area contributed by atoms with E-state index >= 15 is 0 Å². The van der Waals surface area contributed by atoms with Gasteiger partial charge in [0.15, 0.2) is 5.56 Å². The van der Waals surface area contributed by atoms with E-state index in [9.17, 15) is 9.59 Å². The number of rotatable bonds is 4. The molecule has 0 saturated heterocycles. The monoisotopic (exact) mass is 317 g/mol. The van der Waals surface area contributed by atoms with Gasteiger partial charge in [0.25, 0.3) is 0 Å². The predicted octanol–water partition coefficient (Wildman–Crippen LogP) is 2.03. The lowest BCUT2D eigenvalue weighted by molar-refractivity contribution is 0.0518. The van der Waals surface area contributed by atoms with Crippen molar-refractivity contribution >= 4 is 21.9 Å². The van der Waals surface area contributed by atoms with Crippen LogP contribution < -0.4 is 10.2 Å². The van der Waals surface area contributed by atoms with E-state index in [0.29, 0.717) is 16.8 Å². The van der Waals surface area contributed by atoms with Crippen LogP contribution in [0.5, 0.6) is 5.88 Å². The molecular weight excluding hydrogens is 302 g/mol. The molecule has 0 N–H and O–H groups in total. The van der Waals surface area contributed by atoms with Crippen LogP contribution >= 0.6 is 15.9 Å². The second kappa shape index (κ2) is 6.04. The van der Waals surface area contributed by atoms with Gasteiger partial charge in [-0.1, -0.05) is 0 Å². The first-order valence-electron chi connectivity index (χ1n) is 5.64. The summed E-state index contributed by atoms with van der Waals surface area (Å²) in [6, 6.07) is 0. The molecule has 0 amide bonds. The van der Waals surface area contributed by atoms with Crippen molar-refractivity contribution in [2.24, 2.45) is 7.05 Å². The van der Waals surface area contributed by atoms with Crippen LogP contribution in [-0.2, 0) is 11.8 Å². The van der Waals surface area contributed by atoms with Crippen LogP contribution in [0.25, 0.3) is 0 Å². The number of pyridine rings is 1. The number of hydrogen-bond donors (Lipinski definition) is 0. The van der Waals surface area contributed by atoms with Crippen LogP contribution in [0, 0.1) is 6.92 Å². The average molecular weight is 318 g/mol. The summed E-state index contributed by atoms with van der Waals surface area (Å²) >= 11 is 3.19. The molecule has 0 spiro atoms. The van der Waals surface area contributed by atoms with Gasteiger partial charge in [-0.15, -0.1) is 0 Å². The molecule has 0 aliphatic carbocycles. The number of esters is 1. The Bertz CT molecular complexity index is 522. The van der Waals surface area contributed by atoms with Crippen molar-refractivity contribution < 1.29 is 14.3 Å². The van der Waals surface area contributed by atoms with E-state index in [-0.39, 0.29) is 18.1 Å². The molecule has 18 heavy (non-hydrogen) atoms. The molecule has 1 aromatic heterocycles. The highest BCUT2D eigenvalue weighted by Gasteiger charge is 2.24. The molecule has 5 nitrogen and oxygen atoms in total. The minimum absolute atomic E-state index is 0.0707. The van der Waals surface area contributed by atoms with E-state index in [1.165, 1.54) is 0 Å². The molecule has 1 aromatic rings. The van der Waals surface area contributed by atoms with Crippen molar-refractivity contribution in [3.63, 3.8) is 0 Å². The second-order valence-corrected chi connectivity index (χ2v) is 4.41. The Hall–Kier alpha value is -1.30. The fraction of sp³-hybridized carbons (Fsp3) is 0.500. The summed E-state index contributed by atoms with van der Waals surface area (Å²) in [6.07, 6.45) is 0.